The Balaban J connectivity index is 2.29. The molecule has 0 saturated heterocycles. The van der Waals surface area contributed by atoms with Gasteiger partial charge in [-0.15, -0.1) is 0 Å². The van der Waals surface area contributed by atoms with Gasteiger partial charge < -0.3 is 14.8 Å². The maximum absolute atomic E-state index is 12.2. The molecule has 0 saturated carbocycles. The molecule has 0 atom stereocenters. The minimum absolute atomic E-state index is 0.0396. The molecule has 0 fully saturated rings. The summed E-state index contributed by atoms with van der Waals surface area (Å²) >= 11 is 0. The third-order valence-corrected chi connectivity index (χ3v) is 3.54. The van der Waals surface area contributed by atoms with E-state index in [2.05, 4.69) is 20.0 Å². The van der Waals surface area contributed by atoms with Gasteiger partial charge in [-0.25, -0.2) is 19.6 Å². The predicted molar refractivity (Wildman–Crippen MR) is 104 cm³/mol. The second kappa shape index (κ2) is 8.50. The fourth-order valence-corrected chi connectivity index (χ4v) is 2.19. The first kappa shape index (κ1) is 21.5. The van der Waals surface area contributed by atoms with Crippen LogP contribution in [0.25, 0.3) is 0 Å². The fraction of sp³-hybridized carbons (Fsp3) is 0.333. The van der Waals surface area contributed by atoms with Crippen molar-refractivity contribution in [3.8, 4) is 0 Å². The van der Waals surface area contributed by atoms with E-state index in [1.807, 2.05) is 0 Å². The quantitative estimate of drug-likeness (QED) is 0.453. The Morgan fingerprint density at radius 1 is 1.21 bits per heavy atom. The summed E-state index contributed by atoms with van der Waals surface area (Å²) in [6.07, 6.45) is 0.586. The summed E-state index contributed by atoms with van der Waals surface area (Å²) in [7, 11) is 2.66. The number of hydrogen-bond donors (Lipinski definition) is 1. The van der Waals surface area contributed by atoms with Crippen molar-refractivity contribution in [3.05, 3.63) is 46.3 Å². The molecule has 0 aliphatic carbocycles. The summed E-state index contributed by atoms with van der Waals surface area (Å²) in [5, 5.41) is 14.2. The molecule has 0 unspecified atom stereocenters. The number of nitro groups is 1. The molecular formula is C18H21N5O6. The molecule has 1 amide bonds. The second-order valence-electron chi connectivity index (χ2n) is 6.91. The van der Waals surface area contributed by atoms with Crippen LogP contribution in [0.3, 0.4) is 0 Å². The number of carbonyl (C=O) groups is 2. The van der Waals surface area contributed by atoms with Crippen molar-refractivity contribution in [1.29, 1.82) is 0 Å². The van der Waals surface area contributed by atoms with Gasteiger partial charge in [0.2, 0.25) is 0 Å². The summed E-state index contributed by atoms with van der Waals surface area (Å²) in [4.78, 5) is 43.8. The van der Waals surface area contributed by atoms with Crippen LogP contribution in [0.15, 0.2) is 30.6 Å². The molecule has 29 heavy (non-hydrogen) atoms. The van der Waals surface area contributed by atoms with E-state index in [1.54, 1.807) is 20.8 Å². The molecule has 11 nitrogen and oxygen atoms in total. The van der Waals surface area contributed by atoms with Crippen molar-refractivity contribution < 1.29 is 24.0 Å². The number of rotatable bonds is 5. The summed E-state index contributed by atoms with van der Waals surface area (Å²) < 4.78 is 9.86. The number of carbonyl (C=O) groups excluding carboxylic acids is 2. The van der Waals surface area contributed by atoms with E-state index < -0.39 is 22.6 Å². The van der Waals surface area contributed by atoms with E-state index in [9.17, 15) is 19.7 Å². The smallest absolute Gasteiger partial charge is 0.415 e. The van der Waals surface area contributed by atoms with Crippen LogP contribution in [0.2, 0.25) is 0 Å². The molecule has 0 radical (unpaired) electrons. The van der Waals surface area contributed by atoms with Crippen molar-refractivity contribution in [2.24, 2.45) is 0 Å². The molecule has 1 N–H and O–H groups in total. The van der Waals surface area contributed by atoms with E-state index in [4.69, 9.17) is 4.74 Å². The maximum Gasteiger partial charge on any atom is 0.415 e. The predicted octanol–water partition coefficient (Wildman–Crippen LogP) is 3.29. The molecule has 0 bridgehead atoms. The number of amides is 1. The van der Waals surface area contributed by atoms with Gasteiger partial charge in [-0.3, -0.25) is 15.0 Å². The third kappa shape index (κ3) is 5.61. The number of benzene rings is 1. The first-order chi connectivity index (χ1) is 13.5. The van der Waals surface area contributed by atoms with Crippen molar-refractivity contribution in [2.45, 2.75) is 26.4 Å². The molecular weight excluding hydrogens is 382 g/mol. The van der Waals surface area contributed by atoms with Gasteiger partial charge in [-0.2, -0.15) is 0 Å². The average Bonchev–Trinajstić information content (AvgIpc) is 2.65. The summed E-state index contributed by atoms with van der Waals surface area (Å²) in [6.45, 7) is 5.22. The molecule has 1 aromatic carbocycles. The third-order valence-electron chi connectivity index (χ3n) is 3.54. The van der Waals surface area contributed by atoms with Gasteiger partial charge in [-0.1, -0.05) is 0 Å². The van der Waals surface area contributed by atoms with Crippen molar-refractivity contribution in [3.63, 3.8) is 0 Å². The van der Waals surface area contributed by atoms with Crippen LogP contribution in [0.4, 0.5) is 27.8 Å². The van der Waals surface area contributed by atoms with Gasteiger partial charge in [0.25, 0.3) is 5.69 Å². The number of hydrogen-bond acceptors (Lipinski definition) is 9. The van der Waals surface area contributed by atoms with Crippen LogP contribution in [0.1, 0.15) is 31.1 Å². The van der Waals surface area contributed by atoms with Gasteiger partial charge in [-0.05, 0) is 32.9 Å². The Labute approximate surface area is 166 Å². The second-order valence-corrected chi connectivity index (χ2v) is 6.91. The molecule has 2 aromatic rings. The van der Waals surface area contributed by atoms with E-state index in [1.165, 1.54) is 43.6 Å². The number of nitro benzene ring substituents is 1. The van der Waals surface area contributed by atoms with Gasteiger partial charge in [0.15, 0.2) is 0 Å². The molecule has 11 heteroatoms. The lowest BCUT2D eigenvalue weighted by molar-refractivity contribution is -0.383. The molecule has 1 heterocycles. The van der Waals surface area contributed by atoms with Crippen LogP contribution in [0.5, 0.6) is 0 Å². The van der Waals surface area contributed by atoms with Crippen LogP contribution in [-0.2, 0) is 9.47 Å². The average molecular weight is 403 g/mol. The lowest BCUT2D eigenvalue weighted by Crippen LogP contribution is -2.34. The molecule has 2 rings (SSSR count). The number of aromatic nitrogens is 2. The lowest BCUT2D eigenvalue weighted by atomic mass is 10.1. The normalized spacial score (nSPS) is 10.8. The van der Waals surface area contributed by atoms with Crippen LogP contribution < -0.4 is 10.2 Å². The van der Waals surface area contributed by atoms with E-state index in [0.717, 1.165) is 6.07 Å². The minimum atomic E-state index is -0.692. The first-order valence-electron chi connectivity index (χ1n) is 8.44. The molecule has 1 aromatic heterocycles. The Morgan fingerprint density at radius 3 is 2.48 bits per heavy atom. The molecule has 154 valence electrons. The summed E-state index contributed by atoms with van der Waals surface area (Å²) in [5.74, 6) is -0.257. The number of nitrogens with zero attached hydrogens (tertiary/aromatic N) is 4. The standard InChI is InChI=1S/C18H21N5O6/c1-18(2,3)29-17(25)22(4)15-9-14(19-10-20-15)21-12-7-6-11(16(24)28-5)8-13(12)23(26)27/h6-10H,1-5H3,(H,19,20,21). The van der Waals surface area contributed by atoms with Crippen LogP contribution in [-0.4, -0.2) is 46.7 Å². The highest BCUT2D eigenvalue weighted by Gasteiger charge is 2.22. The first-order valence-corrected chi connectivity index (χ1v) is 8.44. The minimum Gasteiger partial charge on any atom is -0.465 e. The number of nitrogens with one attached hydrogen (secondary N) is 1. The van der Waals surface area contributed by atoms with Crippen molar-refractivity contribution >= 4 is 35.1 Å². The Hall–Kier alpha value is -3.76. The van der Waals surface area contributed by atoms with Gasteiger partial charge in [0, 0.05) is 19.2 Å². The molecule has 0 aliphatic heterocycles. The molecule has 0 spiro atoms. The van der Waals surface area contributed by atoms with E-state index >= 15 is 0 Å². The van der Waals surface area contributed by atoms with Crippen LogP contribution in [0, 0.1) is 10.1 Å². The number of anilines is 3. The number of methoxy groups -OCH3 is 1. The zero-order valence-electron chi connectivity index (χ0n) is 16.6. The highest BCUT2D eigenvalue weighted by atomic mass is 16.6. The Morgan fingerprint density at radius 2 is 1.90 bits per heavy atom. The lowest BCUT2D eigenvalue weighted by Gasteiger charge is -2.24. The zero-order valence-corrected chi connectivity index (χ0v) is 16.6. The SMILES string of the molecule is COC(=O)c1ccc(Nc2cc(N(C)C(=O)OC(C)(C)C)ncn2)c([N+](=O)[O-])c1. The highest BCUT2D eigenvalue weighted by Crippen LogP contribution is 2.29. The largest absolute Gasteiger partial charge is 0.465 e. The van der Waals surface area contributed by atoms with Crippen molar-refractivity contribution in [1.82, 2.24) is 9.97 Å². The Bertz CT molecular complexity index is 941. The summed E-state index contributed by atoms with van der Waals surface area (Å²) in [5.41, 5.74) is -0.875. The molecule has 0 aliphatic rings. The van der Waals surface area contributed by atoms with Gasteiger partial charge >= 0.3 is 12.1 Å². The van der Waals surface area contributed by atoms with E-state index in [0.29, 0.717) is 0 Å². The van der Waals surface area contributed by atoms with Gasteiger partial charge in [0.1, 0.15) is 29.3 Å². The Kier molecular flexibility index (Phi) is 6.32. The van der Waals surface area contributed by atoms with Crippen LogP contribution >= 0.6 is 0 Å². The maximum atomic E-state index is 12.2. The van der Waals surface area contributed by atoms with Gasteiger partial charge in [0.05, 0.1) is 17.6 Å². The summed E-state index contributed by atoms with van der Waals surface area (Å²) in [6, 6.07) is 5.28. The fourth-order valence-electron chi connectivity index (χ4n) is 2.19. The number of esters is 1. The highest BCUT2D eigenvalue weighted by molar-refractivity contribution is 5.91. The van der Waals surface area contributed by atoms with Crippen molar-refractivity contribution in [2.75, 3.05) is 24.4 Å². The topological polar surface area (TPSA) is 137 Å². The number of ether oxygens (including phenoxy) is 2. The monoisotopic (exact) mass is 403 g/mol. The zero-order chi connectivity index (χ0) is 21.8. The van der Waals surface area contributed by atoms with E-state index in [-0.39, 0.29) is 28.6 Å².